The molecule has 0 N–H and O–H groups in total. The van der Waals surface area contributed by atoms with E-state index in [-0.39, 0.29) is 5.91 Å². The summed E-state index contributed by atoms with van der Waals surface area (Å²) < 4.78 is 4.68. The van der Waals surface area contributed by atoms with E-state index in [2.05, 4.69) is 4.74 Å². The van der Waals surface area contributed by atoms with Gasteiger partial charge in [0.1, 0.15) is 11.5 Å². The molecule has 1 amide bonds. The van der Waals surface area contributed by atoms with E-state index < -0.39 is 17.4 Å². The highest BCUT2D eigenvalue weighted by Gasteiger charge is 2.42. The Hall–Kier alpha value is -1.57. The summed E-state index contributed by atoms with van der Waals surface area (Å²) in [4.78, 5) is 25.3. The second-order valence-electron chi connectivity index (χ2n) is 4.48. The highest BCUT2D eigenvalue weighted by Crippen LogP contribution is 2.28. The van der Waals surface area contributed by atoms with Crippen molar-refractivity contribution in [2.45, 2.75) is 39.2 Å². The average Bonchev–Trinajstić information content (AvgIpc) is 2.84. The van der Waals surface area contributed by atoms with Gasteiger partial charge in [0, 0.05) is 6.54 Å². The van der Waals surface area contributed by atoms with Crippen LogP contribution in [0.15, 0.2) is 0 Å². The number of nitrogens with zero attached hydrogens (tertiary/aromatic N) is 2. The summed E-state index contributed by atoms with van der Waals surface area (Å²) in [5.41, 5.74) is -1.05. The highest BCUT2D eigenvalue weighted by atomic mass is 16.5. The minimum Gasteiger partial charge on any atom is -0.467 e. The Kier molecular flexibility index (Phi) is 4.11. The third kappa shape index (κ3) is 2.41. The van der Waals surface area contributed by atoms with Crippen LogP contribution in [0.3, 0.4) is 0 Å². The minimum atomic E-state index is -1.05. The van der Waals surface area contributed by atoms with E-state index in [0.717, 1.165) is 6.42 Å². The fourth-order valence-corrected chi connectivity index (χ4v) is 1.99. The first-order valence-electron chi connectivity index (χ1n) is 5.80. The predicted molar refractivity (Wildman–Crippen MR) is 60.8 cm³/mol. The van der Waals surface area contributed by atoms with Gasteiger partial charge in [0.25, 0.3) is 0 Å². The van der Waals surface area contributed by atoms with Gasteiger partial charge in [-0.15, -0.1) is 0 Å². The minimum absolute atomic E-state index is 0.268. The first kappa shape index (κ1) is 13.5. The zero-order valence-corrected chi connectivity index (χ0v) is 10.5. The molecule has 17 heavy (non-hydrogen) atoms. The molecule has 1 aliphatic rings. The first-order chi connectivity index (χ1) is 8.00. The molecule has 0 aromatic heterocycles. The third-order valence-electron chi connectivity index (χ3n) is 3.41. The van der Waals surface area contributed by atoms with Gasteiger partial charge >= 0.3 is 5.97 Å². The molecule has 0 spiro atoms. The number of hydrogen-bond donors (Lipinski definition) is 0. The number of hydrogen-bond acceptors (Lipinski definition) is 4. The molecule has 2 atom stereocenters. The Bertz CT molecular complexity index is 361. The lowest BCUT2D eigenvalue weighted by molar-refractivity contribution is -0.153. The number of rotatable bonds is 3. The Balaban J connectivity index is 2.89. The van der Waals surface area contributed by atoms with E-state index in [4.69, 9.17) is 5.26 Å². The lowest BCUT2D eigenvalue weighted by atomic mass is 9.87. The van der Waals surface area contributed by atoms with Gasteiger partial charge in [0.15, 0.2) is 0 Å². The SMILES string of the molecule is CCC(C)(C#N)C(=O)N1CCCC1C(=O)OC. The molecule has 0 aliphatic carbocycles. The van der Waals surface area contributed by atoms with E-state index >= 15 is 0 Å². The summed E-state index contributed by atoms with van der Waals surface area (Å²) in [6.45, 7) is 3.93. The van der Waals surface area contributed by atoms with Crippen LogP contribution in [0.2, 0.25) is 0 Å². The summed E-state index contributed by atoms with van der Waals surface area (Å²) >= 11 is 0. The summed E-state index contributed by atoms with van der Waals surface area (Å²) in [6, 6.07) is 1.52. The molecule has 1 fully saturated rings. The molecule has 1 heterocycles. The quantitative estimate of drug-likeness (QED) is 0.690. The number of carbonyl (C=O) groups excluding carboxylic acids is 2. The largest absolute Gasteiger partial charge is 0.467 e. The number of nitriles is 1. The molecule has 0 radical (unpaired) electrons. The standard InChI is InChI=1S/C12H18N2O3/c1-4-12(2,8-13)11(16)14-7-5-6-9(14)10(15)17-3/h9H,4-7H2,1-3H3. The maximum Gasteiger partial charge on any atom is 0.328 e. The van der Waals surface area contributed by atoms with Crippen molar-refractivity contribution >= 4 is 11.9 Å². The van der Waals surface area contributed by atoms with E-state index in [1.165, 1.54) is 12.0 Å². The zero-order valence-electron chi connectivity index (χ0n) is 10.5. The van der Waals surface area contributed by atoms with Crippen LogP contribution in [-0.4, -0.2) is 36.5 Å². The maximum atomic E-state index is 12.3. The monoisotopic (exact) mass is 238 g/mol. The molecule has 5 nitrogen and oxygen atoms in total. The Labute approximate surface area is 101 Å². The summed E-state index contributed by atoms with van der Waals surface area (Å²) in [6.07, 6.45) is 1.83. The number of esters is 1. The molecule has 1 aliphatic heterocycles. The molecular weight excluding hydrogens is 220 g/mol. The molecule has 1 rings (SSSR count). The van der Waals surface area contributed by atoms with Crippen LogP contribution in [0, 0.1) is 16.7 Å². The van der Waals surface area contributed by atoms with Crippen LogP contribution in [0.5, 0.6) is 0 Å². The van der Waals surface area contributed by atoms with Crippen LogP contribution in [0.4, 0.5) is 0 Å². The van der Waals surface area contributed by atoms with Gasteiger partial charge in [0.2, 0.25) is 5.91 Å². The number of likely N-dealkylation sites (tertiary alicyclic amines) is 1. The lowest BCUT2D eigenvalue weighted by Crippen LogP contribution is -2.47. The van der Waals surface area contributed by atoms with Crippen molar-refractivity contribution in [1.29, 1.82) is 5.26 Å². The second kappa shape index (κ2) is 5.17. The number of methoxy groups -OCH3 is 1. The molecule has 0 aromatic rings. The van der Waals surface area contributed by atoms with Crippen LogP contribution >= 0.6 is 0 Å². The van der Waals surface area contributed by atoms with E-state index in [0.29, 0.717) is 19.4 Å². The third-order valence-corrected chi connectivity index (χ3v) is 3.41. The van der Waals surface area contributed by atoms with Crippen molar-refractivity contribution < 1.29 is 14.3 Å². The molecule has 0 saturated carbocycles. The Morgan fingerprint density at radius 1 is 1.59 bits per heavy atom. The van der Waals surface area contributed by atoms with Gasteiger partial charge in [-0.1, -0.05) is 6.92 Å². The summed E-state index contributed by atoms with van der Waals surface area (Å²) in [5.74, 6) is -0.664. The molecule has 0 aromatic carbocycles. The molecule has 94 valence electrons. The van der Waals surface area contributed by atoms with Gasteiger partial charge in [-0.25, -0.2) is 4.79 Å². The highest BCUT2D eigenvalue weighted by molar-refractivity contribution is 5.90. The summed E-state index contributed by atoms with van der Waals surface area (Å²) in [5, 5.41) is 9.08. The zero-order chi connectivity index (χ0) is 13.1. The van der Waals surface area contributed by atoms with Gasteiger partial charge in [-0.3, -0.25) is 4.79 Å². The van der Waals surface area contributed by atoms with Gasteiger partial charge in [-0.05, 0) is 26.2 Å². The van der Waals surface area contributed by atoms with Crippen molar-refractivity contribution in [2.24, 2.45) is 5.41 Å². The Morgan fingerprint density at radius 3 is 2.71 bits per heavy atom. The number of amides is 1. The van der Waals surface area contributed by atoms with E-state index in [9.17, 15) is 9.59 Å². The molecular formula is C12H18N2O3. The van der Waals surface area contributed by atoms with E-state index in [1.54, 1.807) is 13.8 Å². The topological polar surface area (TPSA) is 70.4 Å². The average molecular weight is 238 g/mol. The molecule has 0 bridgehead atoms. The maximum absolute atomic E-state index is 12.3. The van der Waals surface area contributed by atoms with Crippen LogP contribution in [0.25, 0.3) is 0 Å². The molecule has 2 unspecified atom stereocenters. The van der Waals surface area contributed by atoms with Gasteiger partial charge in [0.05, 0.1) is 13.2 Å². The predicted octanol–water partition coefficient (Wildman–Crippen LogP) is 1.09. The fourth-order valence-electron chi connectivity index (χ4n) is 1.99. The number of carbonyl (C=O) groups is 2. The normalized spacial score (nSPS) is 22.7. The lowest BCUT2D eigenvalue weighted by Gasteiger charge is -2.29. The fraction of sp³-hybridized carbons (Fsp3) is 0.750. The number of ether oxygens (including phenoxy) is 1. The smallest absolute Gasteiger partial charge is 0.328 e. The molecule has 5 heteroatoms. The van der Waals surface area contributed by atoms with Crippen LogP contribution < -0.4 is 0 Å². The van der Waals surface area contributed by atoms with Gasteiger partial charge in [-0.2, -0.15) is 5.26 Å². The van der Waals surface area contributed by atoms with Gasteiger partial charge < -0.3 is 9.64 Å². The van der Waals surface area contributed by atoms with Crippen molar-refractivity contribution in [1.82, 2.24) is 4.90 Å². The van der Waals surface area contributed by atoms with Crippen LogP contribution in [0.1, 0.15) is 33.1 Å². The van der Waals surface area contributed by atoms with Crippen molar-refractivity contribution in [3.63, 3.8) is 0 Å². The Morgan fingerprint density at radius 2 is 2.24 bits per heavy atom. The first-order valence-corrected chi connectivity index (χ1v) is 5.80. The van der Waals surface area contributed by atoms with Crippen molar-refractivity contribution in [3.8, 4) is 6.07 Å². The van der Waals surface area contributed by atoms with Crippen molar-refractivity contribution in [2.75, 3.05) is 13.7 Å². The molecule has 1 saturated heterocycles. The van der Waals surface area contributed by atoms with Crippen molar-refractivity contribution in [3.05, 3.63) is 0 Å². The second-order valence-corrected chi connectivity index (χ2v) is 4.48. The van der Waals surface area contributed by atoms with Crippen LogP contribution in [-0.2, 0) is 14.3 Å². The van der Waals surface area contributed by atoms with E-state index in [1.807, 2.05) is 6.07 Å². The summed E-state index contributed by atoms with van der Waals surface area (Å²) in [7, 11) is 1.31.